The lowest BCUT2D eigenvalue weighted by atomic mass is 10.0. The molecular weight excluding hydrogens is 342 g/mol. The number of aromatic nitrogens is 2. The van der Waals surface area contributed by atoms with Gasteiger partial charge in [-0.1, -0.05) is 18.2 Å². The SMILES string of the molecule is CCOc1cc(-c2cn[nH]c2)ccc1C(=O)N[C@H](C)c1cccc(OC)c1. The summed E-state index contributed by atoms with van der Waals surface area (Å²) in [5.74, 6) is 1.12. The summed E-state index contributed by atoms with van der Waals surface area (Å²) in [6.45, 7) is 4.30. The second-order valence-electron chi connectivity index (χ2n) is 6.10. The Labute approximate surface area is 158 Å². The second kappa shape index (κ2) is 8.40. The van der Waals surface area contributed by atoms with Gasteiger partial charge in [0.15, 0.2) is 0 Å². The second-order valence-corrected chi connectivity index (χ2v) is 6.10. The van der Waals surface area contributed by atoms with E-state index >= 15 is 0 Å². The van der Waals surface area contributed by atoms with E-state index in [9.17, 15) is 4.79 Å². The van der Waals surface area contributed by atoms with Crippen molar-refractivity contribution in [2.45, 2.75) is 19.9 Å². The van der Waals surface area contributed by atoms with Crippen LogP contribution in [0, 0.1) is 0 Å². The number of H-pyrrole nitrogens is 1. The number of carbonyl (C=O) groups is 1. The molecule has 3 rings (SSSR count). The molecule has 140 valence electrons. The Bertz CT molecular complexity index is 907. The summed E-state index contributed by atoms with van der Waals surface area (Å²) in [6, 6.07) is 13.0. The molecule has 0 fully saturated rings. The Morgan fingerprint density at radius 1 is 1.22 bits per heavy atom. The average Bonchev–Trinajstić information content (AvgIpc) is 3.23. The lowest BCUT2D eigenvalue weighted by Gasteiger charge is -2.17. The molecule has 0 aliphatic heterocycles. The van der Waals surface area contributed by atoms with E-state index in [0.717, 1.165) is 22.4 Å². The van der Waals surface area contributed by atoms with Gasteiger partial charge in [-0.3, -0.25) is 9.89 Å². The summed E-state index contributed by atoms with van der Waals surface area (Å²) < 4.78 is 11.0. The largest absolute Gasteiger partial charge is 0.497 e. The van der Waals surface area contributed by atoms with Crippen molar-refractivity contribution in [2.75, 3.05) is 13.7 Å². The third-order valence-corrected chi connectivity index (χ3v) is 4.30. The zero-order chi connectivity index (χ0) is 19.2. The molecule has 1 aromatic heterocycles. The van der Waals surface area contributed by atoms with Crippen LogP contribution >= 0.6 is 0 Å². The molecule has 0 radical (unpaired) electrons. The fourth-order valence-electron chi connectivity index (χ4n) is 2.84. The molecule has 2 aromatic carbocycles. The number of nitrogens with zero attached hydrogens (tertiary/aromatic N) is 1. The Morgan fingerprint density at radius 2 is 2.07 bits per heavy atom. The number of nitrogens with one attached hydrogen (secondary N) is 2. The highest BCUT2D eigenvalue weighted by Crippen LogP contribution is 2.28. The van der Waals surface area contributed by atoms with E-state index in [1.165, 1.54) is 0 Å². The predicted molar refractivity (Wildman–Crippen MR) is 104 cm³/mol. The van der Waals surface area contributed by atoms with Crippen molar-refractivity contribution < 1.29 is 14.3 Å². The number of amides is 1. The van der Waals surface area contributed by atoms with Crippen LogP contribution in [0.2, 0.25) is 0 Å². The summed E-state index contributed by atoms with van der Waals surface area (Å²) in [7, 11) is 1.62. The van der Waals surface area contributed by atoms with Crippen LogP contribution in [0.4, 0.5) is 0 Å². The van der Waals surface area contributed by atoms with Crippen LogP contribution in [-0.4, -0.2) is 29.8 Å². The minimum atomic E-state index is -0.187. The highest BCUT2D eigenvalue weighted by molar-refractivity contribution is 5.97. The molecular formula is C21H23N3O3. The smallest absolute Gasteiger partial charge is 0.255 e. The molecule has 6 heteroatoms. The Morgan fingerprint density at radius 3 is 2.78 bits per heavy atom. The summed E-state index contributed by atoms with van der Waals surface area (Å²) >= 11 is 0. The minimum Gasteiger partial charge on any atom is -0.497 e. The summed E-state index contributed by atoms with van der Waals surface area (Å²) in [5, 5.41) is 9.78. The van der Waals surface area contributed by atoms with Crippen molar-refractivity contribution in [3.8, 4) is 22.6 Å². The van der Waals surface area contributed by atoms with Crippen molar-refractivity contribution >= 4 is 5.91 Å². The maximum Gasteiger partial charge on any atom is 0.255 e. The van der Waals surface area contributed by atoms with E-state index in [1.54, 1.807) is 25.6 Å². The quantitative estimate of drug-likeness (QED) is 0.664. The molecule has 2 N–H and O–H groups in total. The lowest BCUT2D eigenvalue weighted by molar-refractivity contribution is 0.0936. The molecule has 0 aliphatic rings. The minimum absolute atomic E-state index is 0.171. The number of benzene rings is 2. The normalized spacial score (nSPS) is 11.7. The van der Waals surface area contributed by atoms with Gasteiger partial charge in [0.25, 0.3) is 5.91 Å². The summed E-state index contributed by atoms with van der Waals surface area (Å²) in [6.07, 6.45) is 3.53. The van der Waals surface area contributed by atoms with E-state index in [2.05, 4.69) is 15.5 Å². The topological polar surface area (TPSA) is 76.2 Å². The van der Waals surface area contributed by atoms with Gasteiger partial charge in [-0.05, 0) is 49.2 Å². The Kier molecular flexibility index (Phi) is 5.76. The molecule has 1 heterocycles. The van der Waals surface area contributed by atoms with E-state index in [0.29, 0.717) is 17.9 Å². The monoisotopic (exact) mass is 365 g/mol. The number of aromatic amines is 1. The van der Waals surface area contributed by atoms with Gasteiger partial charge in [-0.25, -0.2) is 0 Å². The van der Waals surface area contributed by atoms with E-state index < -0.39 is 0 Å². The first kappa shape index (κ1) is 18.5. The van der Waals surface area contributed by atoms with Gasteiger partial charge in [0.2, 0.25) is 0 Å². The molecule has 0 spiro atoms. The first-order valence-electron chi connectivity index (χ1n) is 8.83. The molecule has 0 aliphatic carbocycles. The first-order chi connectivity index (χ1) is 13.1. The van der Waals surface area contributed by atoms with E-state index in [1.807, 2.05) is 50.2 Å². The van der Waals surface area contributed by atoms with Gasteiger partial charge in [0.05, 0.1) is 31.5 Å². The molecule has 0 saturated carbocycles. The molecule has 0 bridgehead atoms. The molecule has 27 heavy (non-hydrogen) atoms. The Balaban J connectivity index is 1.82. The highest BCUT2D eigenvalue weighted by Gasteiger charge is 2.17. The molecule has 3 aromatic rings. The fraction of sp³-hybridized carbons (Fsp3) is 0.238. The van der Waals surface area contributed by atoms with Crippen molar-refractivity contribution in [3.63, 3.8) is 0 Å². The van der Waals surface area contributed by atoms with Crippen molar-refractivity contribution in [2.24, 2.45) is 0 Å². The van der Waals surface area contributed by atoms with Gasteiger partial charge in [-0.2, -0.15) is 5.10 Å². The Hall–Kier alpha value is -3.28. The number of hydrogen-bond acceptors (Lipinski definition) is 4. The zero-order valence-electron chi connectivity index (χ0n) is 15.7. The van der Waals surface area contributed by atoms with Crippen molar-refractivity contribution in [1.29, 1.82) is 0 Å². The van der Waals surface area contributed by atoms with Gasteiger partial charge in [0.1, 0.15) is 11.5 Å². The average molecular weight is 365 g/mol. The van der Waals surface area contributed by atoms with E-state index in [-0.39, 0.29) is 11.9 Å². The van der Waals surface area contributed by atoms with Crippen LogP contribution < -0.4 is 14.8 Å². The number of carbonyl (C=O) groups excluding carboxylic acids is 1. The molecule has 6 nitrogen and oxygen atoms in total. The number of methoxy groups -OCH3 is 1. The highest BCUT2D eigenvalue weighted by atomic mass is 16.5. The zero-order valence-corrected chi connectivity index (χ0v) is 15.7. The third-order valence-electron chi connectivity index (χ3n) is 4.30. The standard InChI is InChI=1S/C21H23N3O3/c1-4-27-20-11-16(17-12-22-23-13-17)8-9-19(20)21(25)24-14(2)15-6-5-7-18(10-15)26-3/h5-14H,4H2,1-3H3,(H,22,23)(H,24,25)/t14-/m1/s1. The van der Waals surface area contributed by atoms with Crippen LogP contribution in [0.1, 0.15) is 35.8 Å². The summed E-state index contributed by atoms with van der Waals surface area (Å²) in [4.78, 5) is 12.8. The van der Waals surface area contributed by atoms with Crippen LogP contribution in [0.25, 0.3) is 11.1 Å². The third kappa shape index (κ3) is 4.28. The van der Waals surface area contributed by atoms with Crippen LogP contribution in [-0.2, 0) is 0 Å². The maximum absolute atomic E-state index is 12.8. The first-order valence-corrected chi connectivity index (χ1v) is 8.83. The van der Waals surface area contributed by atoms with Gasteiger partial charge in [0, 0.05) is 11.8 Å². The number of rotatable bonds is 7. The summed E-state index contributed by atoms with van der Waals surface area (Å²) in [5.41, 5.74) is 3.34. The van der Waals surface area contributed by atoms with Crippen LogP contribution in [0.3, 0.4) is 0 Å². The molecule has 0 saturated heterocycles. The van der Waals surface area contributed by atoms with Crippen LogP contribution in [0.15, 0.2) is 54.9 Å². The maximum atomic E-state index is 12.8. The van der Waals surface area contributed by atoms with Crippen LogP contribution in [0.5, 0.6) is 11.5 Å². The van der Waals surface area contributed by atoms with Gasteiger partial charge < -0.3 is 14.8 Å². The van der Waals surface area contributed by atoms with Crippen molar-refractivity contribution in [1.82, 2.24) is 15.5 Å². The van der Waals surface area contributed by atoms with Gasteiger partial charge >= 0.3 is 0 Å². The molecule has 1 atom stereocenters. The predicted octanol–water partition coefficient (Wildman–Crippen LogP) is 3.98. The lowest BCUT2D eigenvalue weighted by Crippen LogP contribution is -2.27. The number of ether oxygens (including phenoxy) is 2. The fourth-order valence-corrected chi connectivity index (χ4v) is 2.84. The molecule has 0 unspecified atom stereocenters. The molecule has 1 amide bonds. The van der Waals surface area contributed by atoms with E-state index in [4.69, 9.17) is 9.47 Å². The number of hydrogen-bond donors (Lipinski definition) is 2. The van der Waals surface area contributed by atoms with Crippen molar-refractivity contribution in [3.05, 3.63) is 66.0 Å². The van der Waals surface area contributed by atoms with Gasteiger partial charge in [-0.15, -0.1) is 0 Å².